The summed E-state index contributed by atoms with van der Waals surface area (Å²) in [6.45, 7) is 8.64. The molecule has 162 valence electrons. The molecule has 1 aliphatic rings. The maximum Gasteiger partial charge on any atom is 0.294 e. The van der Waals surface area contributed by atoms with Crippen molar-refractivity contribution in [2.45, 2.75) is 57.8 Å². The Kier molecular flexibility index (Phi) is 9.08. The van der Waals surface area contributed by atoms with E-state index in [0.717, 1.165) is 31.6 Å². The van der Waals surface area contributed by atoms with Gasteiger partial charge in [-0.1, -0.05) is 31.5 Å². The van der Waals surface area contributed by atoms with E-state index in [4.69, 9.17) is 14.0 Å². The fourth-order valence-electron chi connectivity index (χ4n) is 2.78. The minimum atomic E-state index is -4.02. The molecule has 3 rings (SSSR count). The molecule has 29 heavy (non-hydrogen) atoms. The quantitative estimate of drug-likeness (QED) is 0.438. The van der Waals surface area contributed by atoms with Crippen molar-refractivity contribution in [1.29, 1.82) is 0 Å². The van der Waals surface area contributed by atoms with Crippen molar-refractivity contribution < 1.29 is 22.4 Å². The highest BCUT2D eigenvalue weighted by molar-refractivity contribution is 14.1. The molecule has 0 spiro atoms. The molecule has 1 aromatic heterocycles. The van der Waals surface area contributed by atoms with Crippen LogP contribution < -0.4 is 0 Å². The molecule has 0 aliphatic carbocycles. The first-order chi connectivity index (χ1) is 13.5. The highest BCUT2D eigenvalue weighted by Gasteiger charge is 2.23. The topological polar surface area (TPSA) is 90.7 Å². The molecule has 7 nitrogen and oxygen atoms in total. The molecule has 2 aromatic rings. The molecule has 1 aromatic carbocycles. The Hall–Kier alpha value is -1.01. The smallest absolute Gasteiger partial charge is 0.294 e. The van der Waals surface area contributed by atoms with E-state index in [1.807, 2.05) is 17.8 Å². The van der Waals surface area contributed by atoms with E-state index in [-0.39, 0.29) is 16.6 Å². The Morgan fingerprint density at radius 3 is 2.52 bits per heavy atom. The molecule has 1 fully saturated rings. The molecule has 1 N–H and O–H groups in total. The molecule has 1 atom stereocenters. The van der Waals surface area contributed by atoms with Gasteiger partial charge in [0.25, 0.3) is 10.1 Å². The van der Waals surface area contributed by atoms with Crippen LogP contribution in [0.4, 0.5) is 0 Å². The molecule has 9 heteroatoms. The Bertz CT molecular complexity index is 859. The summed E-state index contributed by atoms with van der Waals surface area (Å²) in [7, 11) is -4.02. The van der Waals surface area contributed by atoms with Gasteiger partial charge in [-0.2, -0.15) is 13.5 Å². The van der Waals surface area contributed by atoms with Crippen LogP contribution in [0.1, 0.15) is 38.7 Å². The van der Waals surface area contributed by atoms with Gasteiger partial charge in [0.2, 0.25) is 0 Å². The van der Waals surface area contributed by atoms with Crippen LogP contribution in [-0.4, -0.2) is 42.3 Å². The van der Waals surface area contributed by atoms with E-state index in [0.29, 0.717) is 6.61 Å². The van der Waals surface area contributed by atoms with Gasteiger partial charge in [0.1, 0.15) is 0 Å². The lowest BCUT2D eigenvalue weighted by Crippen LogP contribution is -2.31. The second-order valence-corrected chi connectivity index (χ2v) is 10.6. The minimum Gasteiger partial charge on any atom is -0.353 e. The first kappa shape index (κ1) is 24.3. The van der Waals surface area contributed by atoms with Crippen molar-refractivity contribution in [2.75, 3.05) is 13.2 Å². The summed E-state index contributed by atoms with van der Waals surface area (Å²) in [6, 6.07) is 5.99. The summed E-state index contributed by atoms with van der Waals surface area (Å²) >= 11 is 2.27. The predicted molar refractivity (Wildman–Crippen MR) is 119 cm³/mol. The Morgan fingerprint density at radius 1 is 1.31 bits per heavy atom. The lowest BCUT2D eigenvalue weighted by molar-refractivity contribution is -0.177. The number of rotatable bonds is 6. The zero-order chi connectivity index (χ0) is 21.5. The van der Waals surface area contributed by atoms with E-state index in [1.165, 1.54) is 22.1 Å². The summed E-state index contributed by atoms with van der Waals surface area (Å²) in [5, 5.41) is 4.32. The summed E-state index contributed by atoms with van der Waals surface area (Å²) in [6.07, 6.45) is 7.32. The zero-order valence-corrected chi connectivity index (χ0v) is 20.0. The fraction of sp³-hybridized carbons (Fsp3) is 0.550. The third kappa shape index (κ3) is 9.12. The van der Waals surface area contributed by atoms with Gasteiger partial charge in [0, 0.05) is 24.8 Å². The average Bonchev–Trinajstić information content (AvgIpc) is 3.05. The average molecular weight is 536 g/mol. The molecule has 0 amide bonds. The van der Waals surface area contributed by atoms with Crippen molar-refractivity contribution >= 4 is 32.7 Å². The zero-order valence-electron chi connectivity index (χ0n) is 17.0. The third-order valence-electron chi connectivity index (χ3n) is 4.31. The minimum absolute atomic E-state index is 0.00391. The normalized spacial score (nSPS) is 17.5. The van der Waals surface area contributed by atoms with Gasteiger partial charge < -0.3 is 9.47 Å². The first-order valence-electron chi connectivity index (χ1n) is 9.50. The van der Waals surface area contributed by atoms with Crippen LogP contribution in [0, 0.1) is 15.9 Å². The van der Waals surface area contributed by atoms with Crippen LogP contribution in [0.2, 0.25) is 0 Å². The van der Waals surface area contributed by atoms with Crippen LogP contribution in [-0.2, 0) is 26.1 Å². The van der Waals surface area contributed by atoms with Crippen LogP contribution >= 0.6 is 22.6 Å². The van der Waals surface area contributed by atoms with Gasteiger partial charge in [-0.05, 0) is 60.9 Å². The van der Waals surface area contributed by atoms with Crippen LogP contribution in [0.3, 0.4) is 0 Å². The maximum atomic E-state index is 10.5. The summed E-state index contributed by atoms with van der Waals surface area (Å²) in [4.78, 5) is -0.0666. The number of ether oxygens (including phenoxy) is 2. The number of hydrogen-bond donors (Lipinski definition) is 1. The number of benzene rings is 1. The second-order valence-electron chi connectivity index (χ2n) is 7.92. The molecular formula is C20H29IN2O5S. The lowest BCUT2D eigenvalue weighted by Gasteiger charge is -2.29. The summed E-state index contributed by atoms with van der Waals surface area (Å²) < 4.78 is 44.1. The Balaban J connectivity index is 0.000000234. The maximum absolute atomic E-state index is 10.5. The standard InChI is InChI=1S/C13H21IN2O2.C7H8O3S/c1-13(2,9-16-8-11(14)7-15-16)10-18-12-5-3-4-6-17-12;1-6-2-4-7(5-3-6)11(8,9)10/h7-8,12H,3-6,9-10H2,1-2H3;2-5H,1H3,(H,8,9,10). The highest BCUT2D eigenvalue weighted by Crippen LogP contribution is 2.22. The van der Waals surface area contributed by atoms with Gasteiger partial charge in [-0.3, -0.25) is 9.23 Å². The van der Waals surface area contributed by atoms with Crippen molar-refractivity contribution in [1.82, 2.24) is 9.78 Å². The largest absolute Gasteiger partial charge is 0.353 e. The number of aryl methyl sites for hydroxylation is 1. The van der Waals surface area contributed by atoms with Crippen LogP contribution in [0.25, 0.3) is 0 Å². The van der Waals surface area contributed by atoms with Crippen LogP contribution in [0.15, 0.2) is 41.6 Å². The van der Waals surface area contributed by atoms with E-state index < -0.39 is 10.1 Å². The van der Waals surface area contributed by atoms with E-state index >= 15 is 0 Å². The van der Waals surface area contributed by atoms with Gasteiger partial charge >= 0.3 is 0 Å². The monoisotopic (exact) mass is 536 g/mol. The molecule has 0 saturated carbocycles. The molecule has 0 radical (unpaired) electrons. The van der Waals surface area contributed by atoms with Gasteiger partial charge in [-0.25, -0.2) is 0 Å². The molecule has 2 heterocycles. The molecule has 1 aliphatic heterocycles. The number of aromatic nitrogens is 2. The van der Waals surface area contributed by atoms with Crippen molar-refractivity contribution in [3.05, 3.63) is 45.8 Å². The lowest BCUT2D eigenvalue weighted by atomic mass is 9.95. The molecule has 1 saturated heterocycles. The SMILES string of the molecule is CC(C)(COC1CCCCO1)Cn1cc(I)cn1.Cc1ccc(S(=O)(=O)O)cc1. The van der Waals surface area contributed by atoms with Crippen molar-refractivity contribution in [2.24, 2.45) is 5.41 Å². The van der Waals surface area contributed by atoms with Gasteiger partial charge in [-0.15, -0.1) is 0 Å². The number of halogens is 1. The Labute approximate surface area is 186 Å². The first-order valence-corrected chi connectivity index (χ1v) is 12.0. The molecule has 0 bridgehead atoms. The highest BCUT2D eigenvalue weighted by atomic mass is 127. The predicted octanol–water partition coefficient (Wildman–Crippen LogP) is 4.30. The van der Waals surface area contributed by atoms with E-state index in [2.05, 4.69) is 47.7 Å². The molecular weight excluding hydrogens is 507 g/mol. The third-order valence-corrected chi connectivity index (χ3v) is 5.73. The van der Waals surface area contributed by atoms with Gasteiger partial charge in [0.15, 0.2) is 6.29 Å². The molecule has 1 unspecified atom stereocenters. The number of hydrogen-bond acceptors (Lipinski definition) is 5. The van der Waals surface area contributed by atoms with E-state index in [1.54, 1.807) is 12.1 Å². The second kappa shape index (κ2) is 10.9. The summed E-state index contributed by atoms with van der Waals surface area (Å²) in [5.41, 5.74) is 1.02. The summed E-state index contributed by atoms with van der Waals surface area (Å²) in [5.74, 6) is 0. The fourth-order valence-corrected chi connectivity index (χ4v) is 3.71. The number of nitrogens with zero attached hydrogens (tertiary/aromatic N) is 2. The Morgan fingerprint density at radius 2 is 2.00 bits per heavy atom. The van der Waals surface area contributed by atoms with Crippen molar-refractivity contribution in [3.8, 4) is 0 Å². The van der Waals surface area contributed by atoms with Gasteiger partial charge in [0.05, 0.1) is 21.3 Å². The van der Waals surface area contributed by atoms with Crippen molar-refractivity contribution in [3.63, 3.8) is 0 Å². The van der Waals surface area contributed by atoms with Crippen LogP contribution in [0.5, 0.6) is 0 Å². The van der Waals surface area contributed by atoms with E-state index in [9.17, 15) is 8.42 Å².